The third kappa shape index (κ3) is 3.88. The van der Waals surface area contributed by atoms with Gasteiger partial charge in [0.05, 0.1) is 5.69 Å². The van der Waals surface area contributed by atoms with Crippen molar-refractivity contribution in [1.82, 2.24) is 15.3 Å². The highest BCUT2D eigenvalue weighted by Gasteiger charge is 2.18. The average Bonchev–Trinajstić information content (AvgIpc) is 3.23. The molecule has 7 nitrogen and oxygen atoms in total. The zero-order chi connectivity index (χ0) is 19.6. The van der Waals surface area contributed by atoms with Gasteiger partial charge in [-0.15, -0.1) is 11.3 Å². The van der Waals surface area contributed by atoms with Gasteiger partial charge >= 0.3 is 0 Å². The minimum absolute atomic E-state index is 0.333. The Morgan fingerprint density at radius 2 is 2.07 bits per heavy atom. The fourth-order valence-corrected chi connectivity index (χ4v) is 4.35. The summed E-state index contributed by atoms with van der Waals surface area (Å²) in [5.74, 6) is 2.07. The Morgan fingerprint density at radius 3 is 2.97 bits per heavy atom. The Labute approximate surface area is 173 Å². The van der Waals surface area contributed by atoms with Crippen molar-refractivity contribution in [2.75, 3.05) is 29.9 Å². The number of benzene rings is 1. The van der Waals surface area contributed by atoms with E-state index in [2.05, 4.69) is 25.5 Å². The number of pyridine rings is 1. The van der Waals surface area contributed by atoms with Gasteiger partial charge in [0.15, 0.2) is 11.1 Å². The first-order valence-electron chi connectivity index (χ1n) is 9.79. The Bertz CT molecular complexity index is 1060. The van der Waals surface area contributed by atoms with Crippen LogP contribution in [-0.2, 0) is 13.0 Å². The van der Waals surface area contributed by atoms with Crippen molar-refractivity contribution in [1.29, 1.82) is 0 Å². The van der Waals surface area contributed by atoms with E-state index in [1.165, 1.54) is 11.1 Å². The van der Waals surface area contributed by atoms with Gasteiger partial charge in [0, 0.05) is 31.6 Å². The molecule has 29 heavy (non-hydrogen) atoms. The van der Waals surface area contributed by atoms with Gasteiger partial charge in [-0.2, -0.15) is 0 Å². The lowest BCUT2D eigenvalue weighted by molar-refractivity contribution is 0.473. The first-order chi connectivity index (χ1) is 14.2. The van der Waals surface area contributed by atoms with Crippen molar-refractivity contribution in [2.24, 2.45) is 4.99 Å². The van der Waals surface area contributed by atoms with Gasteiger partial charge in [-0.1, -0.05) is 12.1 Å². The third-order valence-corrected chi connectivity index (χ3v) is 5.91. The van der Waals surface area contributed by atoms with Gasteiger partial charge in [0.25, 0.3) is 0 Å². The molecule has 0 spiro atoms. The van der Waals surface area contributed by atoms with E-state index in [9.17, 15) is 5.11 Å². The molecule has 0 amide bonds. The molecule has 0 fully saturated rings. The maximum atomic E-state index is 9.69. The zero-order valence-electron chi connectivity index (χ0n) is 15.9. The molecule has 5 rings (SSSR count). The normalized spacial score (nSPS) is 16.0. The third-order valence-electron chi connectivity index (χ3n) is 5.15. The molecule has 0 bridgehead atoms. The van der Waals surface area contributed by atoms with E-state index < -0.39 is 0 Å². The quantitative estimate of drug-likeness (QED) is 0.619. The van der Waals surface area contributed by atoms with Crippen LogP contribution in [0.25, 0.3) is 11.4 Å². The highest BCUT2D eigenvalue weighted by atomic mass is 32.1. The first-order valence-corrected chi connectivity index (χ1v) is 10.7. The van der Waals surface area contributed by atoms with Crippen LogP contribution in [0, 0.1) is 0 Å². The number of phenols is 1. The van der Waals surface area contributed by atoms with Crippen molar-refractivity contribution >= 4 is 28.2 Å². The maximum Gasteiger partial charge on any atom is 0.197 e. The molecule has 2 aromatic heterocycles. The van der Waals surface area contributed by atoms with Crippen molar-refractivity contribution in [3.05, 3.63) is 52.9 Å². The molecule has 0 saturated heterocycles. The lowest BCUT2D eigenvalue weighted by Crippen LogP contribution is -2.35. The molecule has 8 heteroatoms. The minimum Gasteiger partial charge on any atom is -0.508 e. The van der Waals surface area contributed by atoms with Gasteiger partial charge in [-0.25, -0.2) is 9.97 Å². The van der Waals surface area contributed by atoms with Gasteiger partial charge in [-0.3, -0.25) is 4.99 Å². The highest BCUT2D eigenvalue weighted by Crippen LogP contribution is 2.29. The number of phenolic OH excluding ortho intramolecular Hbond substituents is 1. The standard InChI is InChI=1S/C21H22N6OS/c28-16-6-5-15-12-27(10-7-14(15)11-16)19-4-1-3-17(24-19)18-13-29-21(25-18)26-20-22-8-2-9-23-20/h1,3-6,11,13,28H,2,7-10,12H2,(H2,22,23,25,26). The monoisotopic (exact) mass is 406 g/mol. The number of aromatic nitrogens is 2. The second-order valence-electron chi connectivity index (χ2n) is 7.18. The van der Waals surface area contributed by atoms with Crippen LogP contribution in [0.5, 0.6) is 5.75 Å². The van der Waals surface area contributed by atoms with Crippen molar-refractivity contribution < 1.29 is 5.11 Å². The van der Waals surface area contributed by atoms with E-state index in [0.717, 1.165) is 67.3 Å². The number of hydrogen-bond acceptors (Lipinski definition) is 8. The number of thiazole rings is 1. The molecular formula is C21H22N6OS. The topological polar surface area (TPSA) is 85.7 Å². The SMILES string of the molecule is Oc1ccc2c(c1)CCN(c1cccc(-c3csc(NC4=NCCCN4)n3)n1)C2. The Morgan fingerprint density at radius 1 is 1.10 bits per heavy atom. The van der Waals surface area contributed by atoms with Crippen LogP contribution in [0.2, 0.25) is 0 Å². The number of guanidine groups is 1. The molecule has 0 unspecified atom stereocenters. The number of hydrogen-bond donors (Lipinski definition) is 3. The smallest absolute Gasteiger partial charge is 0.197 e. The van der Waals surface area contributed by atoms with Crippen LogP contribution >= 0.6 is 11.3 Å². The fraction of sp³-hybridized carbons (Fsp3) is 0.286. The molecule has 148 valence electrons. The van der Waals surface area contributed by atoms with Gasteiger partial charge < -0.3 is 20.6 Å². The van der Waals surface area contributed by atoms with E-state index in [4.69, 9.17) is 4.98 Å². The summed E-state index contributed by atoms with van der Waals surface area (Å²) in [6.07, 6.45) is 1.96. The average molecular weight is 407 g/mol. The first kappa shape index (κ1) is 17.9. The van der Waals surface area contributed by atoms with Crippen LogP contribution in [0.3, 0.4) is 0 Å². The molecule has 3 aromatic rings. The molecule has 2 aliphatic heterocycles. The largest absolute Gasteiger partial charge is 0.508 e. The van der Waals surface area contributed by atoms with Gasteiger partial charge in [0.1, 0.15) is 17.3 Å². The lowest BCUT2D eigenvalue weighted by Gasteiger charge is -2.30. The van der Waals surface area contributed by atoms with E-state index in [0.29, 0.717) is 5.75 Å². The molecule has 0 radical (unpaired) electrons. The summed E-state index contributed by atoms with van der Waals surface area (Å²) >= 11 is 1.55. The second-order valence-corrected chi connectivity index (χ2v) is 8.04. The van der Waals surface area contributed by atoms with E-state index in [-0.39, 0.29) is 0 Å². The number of nitrogens with one attached hydrogen (secondary N) is 2. The summed E-state index contributed by atoms with van der Waals surface area (Å²) in [4.78, 5) is 16.3. The van der Waals surface area contributed by atoms with Crippen molar-refractivity contribution in [3.8, 4) is 17.1 Å². The molecule has 1 aromatic carbocycles. The number of aliphatic imine (C=N–C) groups is 1. The summed E-state index contributed by atoms with van der Waals surface area (Å²) < 4.78 is 0. The van der Waals surface area contributed by atoms with Crippen molar-refractivity contribution in [3.63, 3.8) is 0 Å². The molecule has 4 heterocycles. The number of aromatic hydroxyl groups is 1. The molecule has 2 aliphatic rings. The van der Waals surface area contributed by atoms with Crippen LogP contribution in [-0.4, -0.2) is 40.7 Å². The second kappa shape index (κ2) is 7.71. The summed E-state index contributed by atoms with van der Waals surface area (Å²) in [5.41, 5.74) is 4.17. The molecule has 0 saturated carbocycles. The van der Waals surface area contributed by atoms with E-state index in [1.807, 2.05) is 35.7 Å². The zero-order valence-corrected chi connectivity index (χ0v) is 16.7. The summed E-state index contributed by atoms with van der Waals surface area (Å²) in [7, 11) is 0. The van der Waals surface area contributed by atoms with Gasteiger partial charge in [-0.05, 0) is 48.2 Å². The molecule has 0 aliphatic carbocycles. The predicted octanol–water partition coefficient (Wildman–Crippen LogP) is 3.23. The van der Waals surface area contributed by atoms with Crippen LogP contribution in [0.1, 0.15) is 17.5 Å². The highest BCUT2D eigenvalue weighted by molar-refractivity contribution is 7.14. The summed E-state index contributed by atoms with van der Waals surface area (Å²) in [6.45, 7) is 3.45. The van der Waals surface area contributed by atoms with E-state index >= 15 is 0 Å². The summed E-state index contributed by atoms with van der Waals surface area (Å²) in [5, 5.41) is 19.0. The van der Waals surface area contributed by atoms with Crippen LogP contribution in [0.4, 0.5) is 10.9 Å². The van der Waals surface area contributed by atoms with Crippen molar-refractivity contribution in [2.45, 2.75) is 19.4 Å². The predicted molar refractivity (Wildman–Crippen MR) is 117 cm³/mol. The fourth-order valence-electron chi connectivity index (χ4n) is 3.64. The Balaban J connectivity index is 1.34. The molecule has 3 N–H and O–H groups in total. The number of rotatable bonds is 3. The number of fused-ring (bicyclic) bond motifs is 1. The van der Waals surface area contributed by atoms with E-state index in [1.54, 1.807) is 17.4 Å². The Kier molecular flexibility index (Phi) is 4.77. The summed E-state index contributed by atoms with van der Waals surface area (Å²) in [6, 6.07) is 11.7. The number of anilines is 2. The number of nitrogens with zero attached hydrogens (tertiary/aromatic N) is 4. The maximum absolute atomic E-state index is 9.69. The minimum atomic E-state index is 0.333. The molecule has 0 atom stereocenters. The van der Waals surface area contributed by atoms with Gasteiger partial charge in [0.2, 0.25) is 0 Å². The van der Waals surface area contributed by atoms with Crippen LogP contribution < -0.4 is 15.5 Å². The lowest BCUT2D eigenvalue weighted by atomic mass is 9.99. The van der Waals surface area contributed by atoms with Crippen LogP contribution in [0.15, 0.2) is 46.8 Å². The molecular weight excluding hydrogens is 384 g/mol. The Hall–Kier alpha value is -3.13.